The van der Waals surface area contributed by atoms with E-state index >= 15 is 0 Å². The molecule has 0 amide bonds. The molecule has 1 aliphatic heterocycles. The first-order chi connectivity index (χ1) is 8.22. The van der Waals surface area contributed by atoms with Crippen LogP contribution < -0.4 is 0 Å². The van der Waals surface area contributed by atoms with Crippen LogP contribution in [0.15, 0.2) is 12.2 Å². The van der Waals surface area contributed by atoms with Gasteiger partial charge in [-0.25, -0.2) is 0 Å². The minimum absolute atomic E-state index is 0.0266. The van der Waals surface area contributed by atoms with E-state index in [1.807, 2.05) is 13.0 Å². The number of ether oxygens (including phenoxy) is 2. The van der Waals surface area contributed by atoms with E-state index in [9.17, 15) is 4.79 Å². The van der Waals surface area contributed by atoms with E-state index in [4.69, 9.17) is 9.47 Å². The first kappa shape index (κ1) is 13.6. The number of rotatable bonds is 3. The Kier molecular flexibility index (Phi) is 3.09. The van der Waals surface area contributed by atoms with E-state index in [-0.39, 0.29) is 28.7 Å². The second-order valence-corrected chi connectivity index (χ2v) is 6.48. The first-order valence-corrected chi connectivity index (χ1v) is 6.79. The van der Waals surface area contributed by atoms with Gasteiger partial charge in [0.1, 0.15) is 11.7 Å². The fraction of sp³-hybridized carbons (Fsp3) is 0.800. The van der Waals surface area contributed by atoms with Gasteiger partial charge in [-0.1, -0.05) is 13.8 Å². The number of fused-ring (bicyclic) bond motifs is 1. The molecule has 1 saturated carbocycles. The molecular weight excluding hydrogens is 228 g/mol. The predicted molar refractivity (Wildman–Crippen MR) is 70.2 cm³/mol. The normalized spacial score (nSPS) is 39.2. The summed E-state index contributed by atoms with van der Waals surface area (Å²) in [6.45, 7) is 10.0. The largest absolute Gasteiger partial charge is 0.459 e. The highest BCUT2D eigenvalue weighted by Crippen LogP contribution is 2.65. The highest BCUT2D eigenvalue weighted by molar-refractivity contribution is 5.66. The van der Waals surface area contributed by atoms with Gasteiger partial charge in [-0.05, 0) is 45.3 Å². The summed E-state index contributed by atoms with van der Waals surface area (Å²) in [7, 11) is 0. The molecule has 0 bridgehead atoms. The van der Waals surface area contributed by atoms with E-state index in [2.05, 4.69) is 26.8 Å². The molecule has 18 heavy (non-hydrogen) atoms. The zero-order valence-corrected chi connectivity index (χ0v) is 12.1. The van der Waals surface area contributed by atoms with E-state index in [1.165, 1.54) is 19.8 Å². The molecule has 0 aromatic heterocycles. The molecular formula is C15H24O3. The SMILES string of the molecule is CC(=O)O[C@H](C)/C=C/[C@]12O[C@@]1(C)CCCC2(C)C. The summed E-state index contributed by atoms with van der Waals surface area (Å²) >= 11 is 0. The van der Waals surface area contributed by atoms with Crippen LogP contribution in [0.2, 0.25) is 0 Å². The third-order valence-corrected chi connectivity index (χ3v) is 4.55. The highest BCUT2D eigenvalue weighted by Gasteiger charge is 2.73. The molecule has 1 aliphatic carbocycles. The second kappa shape index (κ2) is 4.09. The summed E-state index contributed by atoms with van der Waals surface area (Å²) in [6.07, 6.45) is 7.40. The topological polar surface area (TPSA) is 38.8 Å². The monoisotopic (exact) mass is 252 g/mol. The molecule has 0 spiro atoms. The van der Waals surface area contributed by atoms with Gasteiger partial charge in [-0.15, -0.1) is 0 Å². The molecule has 2 rings (SSSR count). The van der Waals surface area contributed by atoms with Gasteiger partial charge in [0, 0.05) is 12.3 Å². The van der Waals surface area contributed by atoms with Crippen molar-refractivity contribution in [1.29, 1.82) is 0 Å². The third kappa shape index (κ3) is 1.99. The number of esters is 1. The minimum atomic E-state index is -0.243. The molecule has 0 N–H and O–H groups in total. The van der Waals surface area contributed by atoms with Gasteiger partial charge in [-0.2, -0.15) is 0 Å². The predicted octanol–water partition coefficient (Wildman–Crippen LogP) is 3.23. The number of carbonyl (C=O) groups excluding carboxylic acids is 1. The number of hydrogen-bond donors (Lipinski definition) is 0. The average Bonchev–Trinajstić information content (AvgIpc) is 2.82. The van der Waals surface area contributed by atoms with Crippen LogP contribution in [-0.2, 0) is 14.3 Å². The Hall–Kier alpha value is -0.830. The van der Waals surface area contributed by atoms with Crippen LogP contribution in [0.4, 0.5) is 0 Å². The van der Waals surface area contributed by atoms with Crippen LogP contribution in [0.1, 0.15) is 53.9 Å². The number of epoxide rings is 1. The molecule has 102 valence electrons. The smallest absolute Gasteiger partial charge is 0.303 e. The van der Waals surface area contributed by atoms with E-state index in [1.54, 1.807) is 0 Å². The Balaban J connectivity index is 2.12. The Morgan fingerprint density at radius 3 is 2.56 bits per heavy atom. The van der Waals surface area contributed by atoms with E-state index in [0.29, 0.717) is 0 Å². The minimum Gasteiger partial charge on any atom is -0.459 e. The molecule has 0 aromatic rings. The summed E-state index contributed by atoms with van der Waals surface area (Å²) in [5.41, 5.74) is -0.0553. The Labute approximate surface area is 110 Å². The lowest BCUT2D eigenvalue weighted by Gasteiger charge is -2.36. The summed E-state index contributed by atoms with van der Waals surface area (Å²) in [4.78, 5) is 10.9. The molecule has 0 unspecified atom stereocenters. The van der Waals surface area contributed by atoms with Gasteiger partial charge in [-0.3, -0.25) is 4.79 Å². The van der Waals surface area contributed by atoms with Gasteiger partial charge in [0.15, 0.2) is 0 Å². The lowest BCUT2D eigenvalue weighted by atomic mass is 9.64. The van der Waals surface area contributed by atoms with Crippen molar-refractivity contribution < 1.29 is 14.3 Å². The molecule has 0 aromatic carbocycles. The summed E-state index contributed by atoms with van der Waals surface area (Å²) in [6, 6.07) is 0. The maximum absolute atomic E-state index is 10.9. The van der Waals surface area contributed by atoms with Gasteiger partial charge in [0.2, 0.25) is 0 Å². The molecule has 1 saturated heterocycles. The quantitative estimate of drug-likeness (QED) is 0.440. The molecule has 2 fully saturated rings. The van der Waals surface area contributed by atoms with Gasteiger partial charge in [0.25, 0.3) is 0 Å². The standard InChI is InChI=1S/C15H24O3/c1-11(17-12(2)16)7-10-15-13(3,4)8-6-9-14(15,5)18-15/h7,10-11H,6,8-9H2,1-5H3/b10-7+/t11-,14+,15-/m1/s1. The van der Waals surface area contributed by atoms with Gasteiger partial charge in [0.05, 0.1) is 5.60 Å². The van der Waals surface area contributed by atoms with Crippen molar-refractivity contribution in [3.8, 4) is 0 Å². The van der Waals surface area contributed by atoms with Gasteiger partial charge >= 0.3 is 5.97 Å². The maximum atomic E-state index is 10.9. The van der Waals surface area contributed by atoms with Crippen molar-refractivity contribution in [3.05, 3.63) is 12.2 Å². The van der Waals surface area contributed by atoms with Crippen molar-refractivity contribution in [2.24, 2.45) is 5.41 Å². The third-order valence-electron chi connectivity index (χ3n) is 4.55. The number of hydrogen-bond acceptors (Lipinski definition) is 3. The van der Waals surface area contributed by atoms with Crippen LogP contribution in [-0.4, -0.2) is 23.3 Å². The summed E-state index contributed by atoms with van der Waals surface area (Å²) < 4.78 is 11.2. The molecule has 3 heteroatoms. The first-order valence-electron chi connectivity index (χ1n) is 6.79. The lowest BCUT2D eigenvalue weighted by molar-refractivity contribution is -0.143. The molecule has 0 radical (unpaired) electrons. The average molecular weight is 252 g/mol. The maximum Gasteiger partial charge on any atom is 0.303 e. The summed E-state index contributed by atoms with van der Waals surface area (Å²) in [5.74, 6) is -0.243. The van der Waals surface area contributed by atoms with Crippen LogP contribution in [0.5, 0.6) is 0 Å². The molecule has 2 aliphatic rings. The molecule has 3 atom stereocenters. The van der Waals surface area contributed by atoms with Crippen LogP contribution >= 0.6 is 0 Å². The Morgan fingerprint density at radius 1 is 1.33 bits per heavy atom. The fourth-order valence-electron chi connectivity index (χ4n) is 3.48. The number of carbonyl (C=O) groups is 1. The summed E-state index contributed by atoms with van der Waals surface area (Å²) in [5, 5.41) is 0. The Bertz CT molecular complexity index is 385. The van der Waals surface area contributed by atoms with Crippen LogP contribution in [0.25, 0.3) is 0 Å². The van der Waals surface area contributed by atoms with E-state index < -0.39 is 0 Å². The Morgan fingerprint density at radius 2 is 2.00 bits per heavy atom. The van der Waals surface area contributed by atoms with Gasteiger partial charge < -0.3 is 9.47 Å². The van der Waals surface area contributed by atoms with Crippen molar-refractivity contribution in [3.63, 3.8) is 0 Å². The van der Waals surface area contributed by atoms with Crippen molar-refractivity contribution >= 4 is 5.97 Å². The van der Waals surface area contributed by atoms with Crippen LogP contribution in [0.3, 0.4) is 0 Å². The molecule has 3 nitrogen and oxygen atoms in total. The lowest BCUT2D eigenvalue weighted by Crippen LogP contribution is -2.41. The fourth-order valence-corrected chi connectivity index (χ4v) is 3.48. The second-order valence-electron chi connectivity index (χ2n) is 6.48. The zero-order chi connectivity index (χ0) is 13.6. The van der Waals surface area contributed by atoms with Crippen molar-refractivity contribution in [2.75, 3.05) is 0 Å². The van der Waals surface area contributed by atoms with Crippen molar-refractivity contribution in [2.45, 2.75) is 71.2 Å². The zero-order valence-electron chi connectivity index (χ0n) is 12.1. The molecule has 1 heterocycles. The van der Waals surface area contributed by atoms with E-state index in [0.717, 1.165) is 6.42 Å². The van der Waals surface area contributed by atoms with Crippen LogP contribution in [0, 0.1) is 5.41 Å². The highest BCUT2D eigenvalue weighted by atomic mass is 16.6. The van der Waals surface area contributed by atoms with Crippen molar-refractivity contribution in [1.82, 2.24) is 0 Å².